The van der Waals surface area contributed by atoms with Crippen LogP contribution >= 0.6 is 0 Å². The van der Waals surface area contributed by atoms with Crippen LogP contribution in [0.5, 0.6) is 0 Å². The molecular weight excluding hydrogens is 345 g/mol. The highest BCUT2D eigenvalue weighted by Gasteiger charge is 2.14. The maximum absolute atomic E-state index is 13.8. The second-order valence-electron chi connectivity index (χ2n) is 6.48. The molecule has 0 bridgehead atoms. The van der Waals surface area contributed by atoms with Gasteiger partial charge in [0.15, 0.2) is 0 Å². The molecule has 0 radical (unpaired) electrons. The van der Waals surface area contributed by atoms with Crippen LogP contribution in [0, 0.1) is 5.82 Å². The monoisotopic (exact) mass is 367 g/mol. The molecule has 140 valence electrons. The predicted octanol–water partition coefficient (Wildman–Crippen LogP) is 3.95. The Morgan fingerprint density at radius 2 is 1.85 bits per heavy atom. The van der Waals surface area contributed by atoms with E-state index in [2.05, 4.69) is 27.6 Å². The van der Waals surface area contributed by atoms with Crippen molar-refractivity contribution in [2.75, 3.05) is 0 Å². The van der Waals surface area contributed by atoms with Crippen molar-refractivity contribution >= 4 is 5.91 Å². The van der Waals surface area contributed by atoms with Crippen LogP contribution in [0.4, 0.5) is 4.39 Å². The van der Waals surface area contributed by atoms with E-state index in [1.54, 1.807) is 18.2 Å². The number of carbonyl (C=O) groups excluding carboxylic acids is 1. The van der Waals surface area contributed by atoms with E-state index >= 15 is 0 Å². The second kappa shape index (κ2) is 9.07. The van der Waals surface area contributed by atoms with E-state index in [-0.39, 0.29) is 29.8 Å². The average molecular weight is 367 g/mol. The van der Waals surface area contributed by atoms with E-state index in [1.165, 1.54) is 11.6 Å². The van der Waals surface area contributed by atoms with Crippen LogP contribution < -0.4 is 5.32 Å². The fourth-order valence-corrected chi connectivity index (χ4v) is 2.78. The summed E-state index contributed by atoms with van der Waals surface area (Å²) in [6, 6.07) is 16.5. The number of benzene rings is 2. The van der Waals surface area contributed by atoms with Crippen LogP contribution in [0.25, 0.3) is 11.4 Å². The molecule has 0 aliphatic carbocycles. The van der Waals surface area contributed by atoms with Crippen LogP contribution in [-0.2, 0) is 17.6 Å². The molecule has 3 aromatic rings. The SMILES string of the molecule is CC(CCc1ccccc1)NC(=O)CCc1nc(-c2ccccc2F)no1. The third kappa shape index (κ3) is 5.48. The fraction of sp³-hybridized carbons (Fsp3) is 0.286. The van der Waals surface area contributed by atoms with Crippen molar-refractivity contribution in [1.82, 2.24) is 15.5 Å². The molecule has 1 atom stereocenters. The zero-order chi connectivity index (χ0) is 19.1. The van der Waals surface area contributed by atoms with E-state index in [9.17, 15) is 9.18 Å². The van der Waals surface area contributed by atoms with Gasteiger partial charge in [-0.2, -0.15) is 4.98 Å². The Balaban J connectivity index is 1.45. The minimum absolute atomic E-state index is 0.0683. The second-order valence-corrected chi connectivity index (χ2v) is 6.48. The van der Waals surface area contributed by atoms with Gasteiger partial charge in [0.25, 0.3) is 0 Å². The Bertz CT molecular complexity index is 880. The van der Waals surface area contributed by atoms with E-state index in [1.807, 2.05) is 25.1 Å². The van der Waals surface area contributed by atoms with E-state index in [0.717, 1.165) is 12.8 Å². The molecule has 0 saturated heterocycles. The van der Waals surface area contributed by atoms with Gasteiger partial charge in [-0.25, -0.2) is 4.39 Å². The number of carbonyl (C=O) groups is 1. The summed E-state index contributed by atoms with van der Waals surface area (Å²) in [5.41, 5.74) is 1.54. The largest absolute Gasteiger partial charge is 0.354 e. The molecule has 1 heterocycles. The van der Waals surface area contributed by atoms with Gasteiger partial charge in [-0.05, 0) is 37.5 Å². The molecular formula is C21H22FN3O2. The standard InChI is InChI=1S/C21H22FN3O2/c1-15(11-12-16-7-3-2-4-8-16)23-19(26)13-14-20-24-21(25-27-20)17-9-5-6-10-18(17)22/h2-10,15H,11-14H2,1H3,(H,23,26). The summed E-state index contributed by atoms with van der Waals surface area (Å²) >= 11 is 0. The number of nitrogens with one attached hydrogen (secondary N) is 1. The molecule has 0 spiro atoms. The quantitative estimate of drug-likeness (QED) is 0.655. The highest BCUT2D eigenvalue weighted by Crippen LogP contribution is 2.19. The smallest absolute Gasteiger partial charge is 0.227 e. The van der Waals surface area contributed by atoms with Crippen LogP contribution in [-0.4, -0.2) is 22.1 Å². The molecule has 27 heavy (non-hydrogen) atoms. The third-order valence-electron chi connectivity index (χ3n) is 4.27. The third-order valence-corrected chi connectivity index (χ3v) is 4.27. The Morgan fingerprint density at radius 3 is 2.63 bits per heavy atom. The van der Waals surface area contributed by atoms with Crippen molar-refractivity contribution < 1.29 is 13.7 Å². The van der Waals surface area contributed by atoms with Crippen molar-refractivity contribution in [2.24, 2.45) is 0 Å². The summed E-state index contributed by atoms with van der Waals surface area (Å²) in [7, 11) is 0. The first-order valence-electron chi connectivity index (χ1n) is 9.02. The van der Waals surface area contributed by atoms with Crippen molar-refractivity contribution in [3.8, 4) is 11.4 Å². The minimum atomic E-state index is -0.408. The van der Waals surface area contributed by atoms with Gasteiger partial charge in [-0.3, -0.25) is 4.79 Å². The molecule has 1 amide bonds. The molecule has 1 unspecified atom stereocenters. The van der Waals surface area contributed by atoms with Gasteiger partial charge >= 0.3 is 0 Å². The molecule has 0 aliphatic rings. The number of hydrogen-bond donors (Lipinski definition) is 1. The van der Waals surface area contributed by atoms with Gasteiger partial charge in [-0.15, -0.1) is 0 Å². The Hall–Kier alpha value is -3.02. The summed E-state index contributed by atoms with van der Waals surface area (Å²) in [5, 5.41) is 6.77. The van der Waals surface area contributed by atoms with Gasteiger partial charge in [0.2, 0.25) is 17.6 Å². The van der Waals surface area contributed by atoms with Gasteiger partial charge in [0, 0.05) is 18.9 Å². The normalized spacial score (nSPS) is 11.9. The Kier molecular flexibility index (Phi) is 6.30. The first-order chi connectivity index (χ1) is 13.1. The first-order valence-corrected chi connectivity index (χ1v) is 9.02. The molecule has 3 rings (SSSR count). The highest BCUT2D eigenvalue weighted by atomic mass is 19.1. The summed E-state index contributed by atoms with van der Waals surface area (Å²) in [4.78, 5) is 16.3. The molecule has 5 nitrogen and oxygen atoms in total. The van der Waals surface area contributed by atoms with E-state index in [4.69, 9.17) is 4.52 Å². The average Bonchev–Trinajstić information content (AvgIpc) is 3.15. The van der Waals surface area contributed by atoms with Crippen LogP contribution in [0.2, 0.25) is 0 Å². The van der Waals surface area contributed by atoms with Gasteiger partial charge in [-0.1, -0.05) is 47.6 Å². The Labute approximate surface area is 157 Å². The molecule has 6 heteroatoms. The van der Waals surface area contributed by atoms with Crippen LogP contribution in [0.15, 0.2) is 59.1 Å². The number of rotatable bonds is 8. The van der Waals surface area contributed by atoms with Crippen molar-refractivity contribution in [3.05, 3.63) is 71.9 Å². The Morgan fingerprint density at radius 1 is 1.11 bits per heavy atom. The maximum Gasteiger partial charge on any atom is 0.227 e. The van der Waals surface area contributed by atoms with Crippen molar-refractivity contribution in [1.29, 1.82) is 0 Å². The zero-order valence-electron chi connectivity index (χ0n) is 15.2. The number of halogens is 1. The van der Waals surface area contributed by atoms with Gasteiger partial charge < -0.3 is 9.84 Å². The highest BCUT2D eigenvalue weighted by molar-refractivity contribution is 5.76. The summed E-state index contributed by atoms with van der Waals surface area (Å²) in [6.07, 6.45) is 2.35. The van der Waals surface area contributed by atoms with Crippen LogP contribution in [0.1, 0.15) is 31.2 Å². The summed E-state index contributed by atoms with van der Waals surface area (Å²) in [5.74, 6) is 0.0381. The molecule has 0 aliphatic heterocycles. The number of nitrogens with zero attached hydrogens (tertiary/aromatic N) is 2. The number of aromatic nitrogens is 2. The van der Waals surface area contributed by atoms with Crippen molar-refractivity contribution in [2.45, 2.75) is 38.6 Å². The molecule has 0 saturated carbocycles. The minimum Gasteiger partial charge on any atom is -0.354 e. The topological polar surface area (TPSA) is 68.0 Å². The van der Waals surface area contributed by atoms with Crippen molar-refractivity contribution in [3.63, 3.8) is 0 Å². The number of aryl methyl sites for hydroxylation is 2. The molecule has 1 N–H and O–H groups in total. The first kappa shape index (κ1) is 18.8. The lowest BCUT2D eigenvalue weighted by Crippen LogP contribution is -2.33. The lowest BCUT2D eigenvalue weighted by Gasteiger charge is -2.13. The molecule has 1 aromatic heterocycles. The maximum atomic E-state index is 13.8. The number of hydrogen-bond acceptors (Lipinski definition) is 4. The predicted molar refractivity (Wildman–Crippen MR) is 100 cm³/mol. The summed E-state index contributed by atoms with van der Waals surface area (Å²) < 4.78 is 18.9. The molecule has 2 aromatic carbocycles. The van der Waals surface area contributed by atoms with E-state index in [0.29, 0.717) is 12.3 Å². The van der Waals surface area contributed by atoms with Gasteiger partial charge in [0.05, 0.1) is 5.56 Å². The fourth-order valence-electron chi connectivity index (χ4n) is 2.78. The summed E-state index contributed by atoms with van der Waals surface area (Å²) in [6.45, 7) is 1.99. The number of amides is 1. The lowest BCUT2D eigenvalue weighted by molar-refractivity contribution is -0.121. The van der Waals surface area contributed by atoms with Crippen LogP contribution in [0.3, 0.4) is 0 Å². The molecule has 0 fully saturated rings. The zero-order valence-corrected chi connectivity index (χ0v) is 15.2. The van der Waals surface area contributed by atoms with E-state index < -0.39 is 5.82 Å². The van der Waals surface area contributed by atoms with Gasteiger partial charge in [0.1, 0.15) is 5.82 Å². The lowest BCUT2D eigenvalue weighted by atomic mass is 10.1.